The first-order chi connectivity index (χ1) is 24.8. The summed E-state index contributed by atoms with van der Waals surface area (Å²) in [4.78, 5) is 4.42. The smallest absolute Gasteiger partial charge is 0.241 e. The molecule has 0 bridgehead atoms. The number of hydrogen-bond donors (Lipinski definition) is 0. The Balaban J connectivity index is 0.000000194. The summed E-state index contributed by atoms with van der Waals surface area (Å²) in [5, 5.41) is 1.06. The van der Waals surface area contributed by atoms with E-state index in [0.717, 1.165) is 6.42 Å². The van der Waals surface area contributed by atoms with Gasteiger partial charge in [-0.1, -0.05) is 224 Å². The highest BCUT2D eigenvalue weighted by molar-refractivity contribution is 6.95. The van der Waals surface area contributed by atoms with E-state index in [4.69, 9.17) is 0 Å². The van der Waals surface area contributed by atoms with Gasteiger partial charge >= 0.3 is 0 Å². The molecule has 1 aromatic heterocycles. The van der Waals surface area contributed by atoms with E-state index in [-0.39, 0.29) is 5.16 Å². The molecule has 0 saturated heterocycles. The van der Waals surface area contributed by atoms with Crippen LogP contribution in [0, 0.1) is 0 Å². The molecule has 50 heavy (non-hydrogen) atoms. The maximum absolute atomic E-state index is 4.42. The van der Waals surface area contributed by atoms with Crippen LogP contribution in [0.3, 0.4) is 0 Å². The van der Waals surface area contributed by atoms with Gasteiger partial charge < -0.3 is 4.57 Å². The van der Waals surface area contributed by atoms with Crippen LogP contribution in [0.15, 0.2) is 195 Å². The number of unbranched alkanes of at least 4 members (excludes halogenated alkanes) is 3. The third-order valence-corrected chi connectivity index (χ3v) is 11.0. The highest BCUT2D eigenvalue weighted by Gasteiger charge is 2.37. The van der Waals surface area contributed by atoms with Crippen LogP contribution in [-0.2, 0) is 11.6 Å². The Hall–Kier alpha value is -5.19. The Morgan fingerprint density at radius 1 is 0.560 bits per heavy atom. The van der Waals surface area contributed by atoms with Crippen LogP contribution >= 0.6 is 0 Å². The molecule has 0 aliphatic heterocycles. The molecule has 0 saturated carbocycles. The fourth-order valence-electron chi connectivity index (χ4n) is 6.77. The summed E-state index contributed by atoms with van der Waals surface area (Å²) < 4.78 is 2.28. The molecule has 0 unspecified atom stereocenters. The van der Waals surface area contributed by atoms with Crippen molar-refractivity contribution < 1.29 is 0 Å². The minimum atomic E-state index is -0.320. The molecule has 0 atom stereocenters. The second-order valence-corrected chi connectivity index (χ2v) is 14.3. The van der Waals surface area contributed by atoms with Gasteiger partial charge in [0.15, 0.2) is 0 Å². The molecule has 1 heterocycles. The molecule has 7 aromatic rings. The first-order valence-electron chi connectivity index (χ1n) is 17.9. The van der Waals surface area contributed by atoms with Gasteiger partial charge in [0, 0.05) is 12.4 Å². The van der Waals surface area contributed by atoms with Crippen LogP contribution in [0.4, 0.5) is 0 Å². The van der Waals surface area contributed by atoms with E-state index in [1.807, 2.05) is 12.5 Å². The Morgan fingerprint density at radius 3 is 1.52 bits per heavy atom. The summed E-state index contributed by atoms with van der Waals surface area (Å²) in [5.74, 6) is 0. The summed E-state index contributed by atoms with van der Waals surface area (Å²) in [6, 6.07) is 62.9. The highest BCUT2D eigenvalue weighted by Crippen LogP contribution is 2.33. The highest BCUT2D eigenvalue weighted by atomic mass is 28.2. The van der Waals surface area contributed by atoms with Crippen molar-refractivity contribution in [2.45, 2.75) is 44.2 Å². The van der Waals surface area contributed by atoms with E-state index in [1.165, 1.54) is 63.9 Å². The number of rotatable bonds is 13. The maximum atomic E-state index is 4.42. The average Bonchev–Trinajstić information content (AvgIpc) is 3.74. The molecule has 0 aliphatic rings. The SMILES string of the molecule is CCCCCCc1cccc([Si]C(c2ccccc2)(c2ccccc2)n2ccnc2)c1.c1ccc(B(c2ccccc2)c2ccccc2)cc1. The van der Waals surface area contributed by atoms with Crippen LogP contribution in [-0.4, -0.2) is 25.8 Å². The second-order valence-electron chi connectivity index (χ2n) is 12.7. The molecule has 6 aromatic carbocycles. The molecular formula is C46H45BN2Si. The number of nitrogens with zero attached hydrogens (tertiary/aromatic N) is 2. The third-order valence-electron chi connectivity index (χ3n) is 9.24. The quantitative estimate of drug-likeness (QED) is 0.0903. The topological polar surface area (TPSA) is 17.8 Å². The zero-order valence-electron chi connectivity index (χ0n) is 29.0. The van der Waals surface area contributed by atoms with Crippen molar-refractivity contribution >= 4 is 37.8 Å². The summed E-state index contributed by atoms with van der Waals surface area (Å²) in [7, 11) is 0.540. The Labute approximate surface area is 301 Å². The lowest BCUT2D eigenvalue weighted by molar-refractivity contribution is 0.596. The summed E-state index contributed by atoms with van der Waals surface area (Å²) in [6.45, 7) is 2.58. The van der Waals surface area contributed by atoms with Gasteiger partial charge in [-0.25, -0.2) is 4.98 Å². The van der Waals surface area contributed by atoms with E-state index >= 15 is 0 Å². The molecule has 4 heteroatoms. The van der Waals surface area contributed by atoms with Gasteiger partial charge in [0.1, 0.15) is 9.52 Å². The standard InChI is InChI=1S/C28H30N2Si.C18H15B/c1-2-3-4-7-13-24-14-12-19-27(22-24)31-28(30-21-20-29-23-30,25-15-8-5-9-16-25)26-17-10-6-11-18-26;1-4-10-16(11-5-1)19(17-12-6-2-7-13-17)18-14-8-3-9-15-18/h5-6,8-12,14-23H,2-4,7,13H2,1H3;1-15H. The van der Waals surface area contributed by atoms with Crippen molar-refractivity contribution in [2.24, 2.45) is 0 Å². The van der Waals surface area contributed by atoms with Crippen molar-refractivity contribution in [1.29, 1.82) is 0 Å². The minimum absolute atomic E-state index is 0.309. The van der Waals surface area contributed by atoms with Crippen LogP contribution in [0.25, 0.3) is 0 Å². The van der Waals surface area contributed by atoms with Crippen LogP contribution in [0.2, 0.25) is 0 Å². The van der Waals surface area contributed by atoms with E-state index < -0.39 is 0 Å². The molecule has 7 rings (SSSR count). The fraction of sp³-hybridized carbons (Fsp3) is 0.152. The van der Waals surface area contributed by atoms with Crippen LogP contribution in [0.1, 0.15) is 49.3 Å². The van der Waals surface area contributed by atoms with Crippen molar-refractivity contribution in [3.05, 3.63) is 211 Å². The molecule has 2 radical (unpaired) electrons. The number of benzene rings is 6. The molecule has 2 nitrogen and oxygen atoms in total. The first kappa shape index (κ1) is 34.7. The van der Waals surface area contributed by atoms with Gasteiger partial charge in [0.05, 0.1) is 11.5 Å². The lowest BCUT2D eigenvalue weighted by atomic mass is 9.37. The molecule has 0 aliphatic carbocycles. The first-order valence-corrected chi connectivity index (χ1v) is 18.9. The van der Waals surface area contributed by atoms with Gasteiger partial charge in [0.25, 0.3) is 0 Å². The molecule has 0 fully saturated rings. The Morgan fingerprint density at radius 2 is 1.06 bits per heavy atom. The lowest BCUT2D eigenvalue weighted by Crippen LogP contribution is -2.51. The van der Waals surface area contributed by atoms with Crippen molar-refractivity contribution in [3.8, 4) is 0 Å². The number of imidazole rings is 1. The Kier molecular flexibility index (Phi) is 12.5. The predicted molar refractivity (Wildman–Crippen MR) is 215 cm³/mol. The van der Waals surface area contributed by atoms with E-state index in [9.17, 15) is 0 Å². The van der Waals surface area contributed by atoms with Gasteiger partial charge in [-0.3, -0.25) is 0 Å². The fourth-order valence-corrected chi connectivity index (χ4v) is 8.51. The lowest BCUT2D eigenvalue weighted by Gasteiger charge is -2.36. The van der Waals surface area contributed by atoms with Gasteiger partial charge in [-0.2, -0.15) is 0 Å². The van der Waals surface area contributed by atoms with Crippen LogP contribution in [0.5, 0.6) is 0 Å². The number of aromatic nitrogens is 2. The van der Waals surface area contributed by atoms with Gasteiger partial charge in [-0.15, -0.1) is 0 Å². The maximum Gasteiger partial charge on any atom is 0.241 e. The van der Waals surface area contributed by atoms with E-state index in [1.54, 1.807) is 0 Å². The largest absolute Gasteiger partial charge is 0.326 e. The average molecular weight is 665 g/mol. The third kappa shape index (κ3) is 8.69. The van der Waals surface area contributed by atoms with E-state index in [0.29, 0.717) is 16.2 Å². The minimum Gasteiger partial charge on any atom is -0.326 e. The Bertz CT molecular complexity index is 1820. The van der Waals surface area contributed by atoms with E-state index in [2.05, 4.69) is 199 Å². The van der Waals surface area contributed by atoms with Crippen LogP contribution < -0.4 is 21.6 Å². The molecule has 0 spiro atoms. The number of hydrogen-bond acceptors (Lipinski definition) is 1. The second kappa shape index (κ2) is 18.0. The number of aryl methyl sites for hydroxylation is 1. The van der Waals surface area contributed by atoms with Crippen molar-refractivity contribution in [1.82, 2.24) is 9.55 Å². The van der Waals surface area contributed by atoms with Gasteiger partial charge in [-0.05, 0) is 29.5 Å². The summed E-state index contributed by atoms with van der Waals surface area (Å²) in [5.41, 5.74) is 8.01. The predicted octanol–water partition coefficient (Wildman–Crippen LogP) is 7.99. The zero-order valence-corrected chi connectivity index (χ0v) is 30.0. The van der Waals surface area contributed by atoms with Gasteiger partial charge in [0.2, 0.25) is 6.71 Å². The molecule has 0 amide bonds. The molecule has 0 N–H and O–H groups in total. The summed E-state index contributed by atoms with van der Waals surface area (Å²) in [6.07, 6.45) is 12.3. The summed E-state index contributed by atoms with van der Waals surface area (Å²) >= 11 is 0. The molecular weight excluding hydrogens is 619 g/mol. The zero-order chi connectivity index (χ0) is 34.3. The van der Waals surface area contributed by atoms with Crippen molar-refractivity contribution in [3.63, 3.8) is 0 Å². The molecule has 246 valence electrons. The monoisotopic (exact) mass is 664 g/mol. The normalized spacial score (nSPS) is 11.0. The van der Waals surface area contributed by atoms with Crippen molar-refractivity contribution in [2.75, 3.05) is 0 Å².